The minimum atomic E-state index is -0.106. The number of aromatic amines is 1. The summed E-state index contributed by atoms with van der Waals surface area (Å²) in [6, 6.07) is 15.5. The van der Waals surface area contributed by atoms with Gasteiger partial charge < -0.3 is 15.0 Å². The van der Waals surface area contributed by atoms with Crippen molar-refractivity contribution in [1.82, 2.24) is 15.3 Å². The molecule has 4 rings (SSSR count). The lowest BCUT2D eigenvalue weighted by atomic mass is 10.1. The number of aromatic nitrogens is 2. The van der Waals surface area contributed by atoms with E-state index in [1.807, 2.05) is 42.6 Å². The van der Waals surface area contributed by atoms with Crippen molar-refractivity contribution < 1.29 is 9.53 Å². The van der Waals surface area contributed by atoms with Crippen molar-refractivity contribution in [2.75, 3.05) is 13.7 Å². The van der Waals surface area contributed by atoms with Gasteiger partial charge in [0.25, 0.3) is 5.91 Å². The molecule has 5 nitrogen and oxygen atoms in total. The first-order chi connectivity index (χ1) is 12.8. The second kappa shape index (κ2) is 6.88. The van der Waals surface area contributed by atoms with Crippen LogP contribution in [0.15, 0.2) is 60.9 Å². The van der Waals surface area contributed by atoms with Crippen LogP contribution in [-0.4, -0.2) is 29.5 Å². The van der Waals surface area contributed by atoms with E-state index in [1.54, 1.807) is 19.4 Å². The summed E-state index contributed by atoms with van der Waals surface area (Å²) in [5.41, 5.74) is 3.69. The van der Waals surface area contributed by atoms with Crippen LogP contribution in [-0.2, 0) is 6.42 Å². The molecule has 26 heavy (non-hydrogen) atoms. The van der Waals surface area contributed by atoms with Gasteiger partial charge in [0.15, 0.2) is 0 Å². The highest BCUT2D eigenvalue weighted by Gasteiger charge is 2.11. The fourth-order valence-corrected chi connectivity index (χ4v) is 3.19. The largest absolute Gasteiger partial charge is 0.497 e. The Bertz CT molecular complexity index is 1080. The predicted octanol–water partition coefficient (Wildman–Crippen LogP) is 3.70. The van der Waals surface area contributed by atoms with Gasteiger partial charge in [-0.3, -0.25) is 9.78 Å². The number of ether oxygens (including phenoxy) is 1. The molecule has 2 heterocycles. The average Bonchev–Trinajstić information content (AvgIpc) is 3.10. The number of methoxy groups -OCH3 is 1. The van der Waals surface area contributed by atoms with Crippen molar-refractivity contribution in [1.29, 1.82) is 0 Å². The van der Waals surface area contributed by atoms with Gasteiger partial charge in [0.05, 0.1) is 18.2 Å². The molecule has 4 aromatic rings. The maximum Gasteiger partial charge on any atom is 0.252 e. The molecular weight excluding hydrogens is 326 g/mol. The minimum Gasteiger partial charge on any atom is -0.497 e. The van der Waals surface area contributed by atoms with E-state index in [9.17, 15) is 4.79 Å². The minimum absolute atomic E-state index is 0.106. The topological polar surface area (TPSA) is 67.0 Å². The first-order valence-corrected chi connectivity index (χ1v) is 8.52. The van der Waals surface area contributed by atoms with Crippen LogP contribution in [0.3, 0.4) is 0 Å². The first-order valence-electron chi connectivity index (χ1n) is 8.52. The molecular formula is C21H19N3O2. The molecule has 2 aromatic heterocycles. The zero-order valence-corrected chi connectivity index (χ0v) is 14.5. The van der Waals surface area contributed by atoms with E-state index < -0.39 is 0 Å². The van der Waals surface area contributed by atoms with E-state index in [-0.39, 0.29) is 5.91 Å². The lowest BCUT2D eigenvalue weighted by Gasteiger charge is -2.09. The number of rotatable bonds is 5. The Morgan fingerprint density at radius 3 is 2.92 bits per heavy atom. The zero-order valence-electron chi connectivity index (χ0n) is 14.5. The summed E-state index contributed by atoms with van der Waals surface area (Å²) in [6.07, 6.45) is 4.43. The highest BCUT2D eigenvalue weighted by atomic mass is 16.5. The van der Waals surface area contributed by atoms with E-state index in [1.165, 1.54) is 10.9 Å². The van der Waals surface area contributed by atoms with Crippen molar-refractivity contribution >= 4 is 27.7 Å². The third-order valence-electron chi connectivity index (χ3n) is 4.55. The van der Waals surface area contributed by atoms with Crippen LogP contribution in [0.5, 0.6) is 5.75 Å². The van der Waals surface area contributed by atoms with Gasteiger partial charge in [-0.05, 0) is 42.3 Å². The molecule has 5 heteroatoms. The van der Waals surface area contributed by atoms with Crippen molar-refractivity contribution in [3.63, 3.8) is 0 Å². The molecule has 0 bridgehead atoms. The van der Waals surface area contributed by atoms with Crippen molar-refractivity contribution in [2.45, 2.75) is 6.42 Å². The second-order valence-electron chi connectivity index (χ2n) is 6.11. The maximum absolute atomic E-state index is 12.7. The summed E-state index contributed by atoms with van der Waals surface area (Å²) in [6.45, 7) is 0.564. The first kappa shape index (κ1) is 16.1. The second-order valence-corrected chi connectivity index (χ2v) is 6.11. The number of nitrogens with zero attached hydrogens (tertiary/aromatic N) is 1. The quantitative estimate of drug-likeness (QED) is 0.580. The molecule has 2 aromatic carbocycles. The Kier molecular flexibility index (Phi) is 4.27. The van der Waals surface area contributed by atoms with E-state index in [4.69, 9.17) is 4.74 Å². The molecule has 0 aliphatic carbocycles. The molecule has 2 N–H and O–H groups in total. The monoisotopic (exact) mass is 345 g/mol. The van der Waals surface area contributed by atoms with Gasteiger partial charge in [-0.1, -0.05) is 18.2 Å². The van der Waals surface area contributed by atoms with Crippen molar-refractivity contribution in [3.05, 3.63) is 72.1 Å². The number of nitrogens with one attached hydrogen (secondary N) is 2. The van der Waals surface area contributed by atoms with Crippen LogP contribution < -0.4 is 10.1 Å². The van der Waals surface area contributed by atoms with Crippen LogP contribution in [0.1, 0.15) is 15.9 Å². The number of amides is 1. The highest BCUT2D eigenvalue weighted by Crippen LogP contribution is 2.22. The molecule has 0 unspecified atom stereocenters. The van der Waals surface area contributed by atoms with Crippen LogP contribution >= 0.6 is 0 Å². The fraction of sp³-hybridized carbons (Fsp3) is 0.143. The maximum atomic E-state index is 12.7. The molecule has 0 fully saturated rings. The van der Waals surface area contributed by atoms with Gasteiger partial charge >= 0.3 is 0 Å². The number of fused-ring (bicyclic) bond motifs is 2. The number of H-pyrrole nitrogens is 1. The predicted molar refractivity (Wildman–Crippen MR) is 103 cm³/mol. The standard InChI is InChI=1S/C21H19N3O2/c1-26-15-6-7-20-18(12-15)17(9-11-22-20)21(25)23-10-8-14-13-24-19-5-3-2-4-16(14)19/h2-7,9,11-13,24H,8,10H2,1H3,(H,23,25). The Balaban J connectivity index is 1.51. The van der Waals surface area contributed by atoms with Gasteiger partial charge in [-0.25, -0.2) is 0 Å². The molecule has 0 atom stereocenters. The summed E-state index contributed by atoms with van der Waals surface area (Å²) in [5.74, 6) is 0.601. The summed E-state index contributed by atoms with van der Waals surface area (Å²) in [7, 11) is 1.61. The molecule has 0 aliphatic rings. The van der Waals surface area contributed by atoms with E-state index >= 15 is 0 Å². The SMILES string of the molecule is COc1ccc2nccc(C(=O)NCCc3c[nH]c4ccccc34)c2c1. The third kappa shape index (κ3) is 2.99. The number of hydrogen-bond donors (Lipinski definition) is 2. The zero-order chi connectivity index (χ0) is 17.9. The van der Waals surface area contributed by atoms with Crippen molar-refractivity contribution in [2.24, 2.45) is 0 Å². The normalized spacial score (nSPS) is 11.0. The molecule has 130 valence electrons. The van der Waals surface area contributed by atoms with E-state index in [0.717, 1.165) is 22.8 Å². The Labute approximate surface area is 151 Å². The van der Waals surface area contributed by atoms with Crippen molar-refractivity contribution in [3.8, 4) is 5.75 Å². The number of benzene rings is 2. The molecule has 1 amide bonds. The Morgan fingerprint density at radius 1 is 1.15 bits per heavy atom. The molecule has 0 radical (unpaired) electrons. The number of pyridine rings is 1. The molecule has 0 spiro atoms. The van der Waals surface area contributed by atoms with E-state index in [2.05, 4.69) is 21.4 Å². The van der Waals surface area contributed by atoms with Gasteiger partial charge in [0, 0.05) is 35.2 Å². The van der Waals surface area contributed by atoms with Gasteiger partial charge in [-0.2, -0.15) is 0 Å². The van der Waals surface area contributed by atoms with Gasteiger partial charge in [0.1, 0.15) is 5.75 Å². The summed E-state index contributed by atoms with van der Waals surface area (Å²) >= 11 is 0. The number of para-hydroxylation sites is 1. The lowest BCUT2D eigenvalue weighted by Crippen LogP contribution is -2.25. The number of carbonyl (C=O) groups excluding carboxylic acids is 1. The lowest BCUT2D eigenvalue weighted by molar-refractivity contribution is 0.0955. The number of carbonyl (C=O) groups is 1. The fourth-order valence-electron chi connectivity index (χ4n) is 3.19. The third-order valence-corrected chi connectivity index (χ3v) is 4.55. The van der Waals surface area contributed by atoms with E-state index in [0.29, 0.717) is 17.9 Å². The van der Waals surface area contributed by atoms with Crippen LogP contribution in [0.2, 0.25) is 0 Å². The smallest absolute Gasteiger partial charge is 0.252 e. The summed E-state index contributed by atoms with van der Waals surface area (Å²) in [4.78, 5) is 20.2. The molecule has 0 aliphatic heterocycles. The molecule has 0 saturated carbocycles. The Morgan fingerprint density at radius 2 is 2.04 bits per heavy atom. The van der Waals surface area contributed by atoms with Crippen LogP contribution in [0.25, 0.3) is 21.8 Å². The van der Waals surface area contributed by atoms with Crippen LogP contribution in [0.4, 0.5) is 0 Å². The van der Waals surface area contributed by atoms with Gasteiger partial charge in [0.2, 0.25) is 0 Å². The average molecular weight is 345 g/mol. The summed E-state index contributed by atoms with van der Waals surface area (Å²) < 4.78 is 5.27. The van der Waals surface area contributed by atoms with Gasteiger partial charge in [-0.15, -0.1) is 0 Å². The number of hydrogen-bond acceptors (Lipinski definition) is 3. The Hall–Kier alpha value is -3.34. The van der Waals surface area contributed by atoms with Crippen LogP contribution in [0, 0.1) is 0 Å². The highest BCUT2D eigenvalue weighted by molar-refractivity contribution is 6.06. The summed E-state index contributed by atoms with van der Waals surface area (Å²) in [5, 5.41) is 4.99. The molecule has 0 saturated heterocycles.